The molecule has 2 aliphatic heterocycles. The van der Waals surface area contributed by atoms with Crippen LogP contribution >= 0.6 is 0 Å². The highest BCUT2D eigenvalue weighted by Crippen LogP contribution is 2.50. The minimum absolute atomic E-state index is 0.192. The van der Waals surface area contributed by atoms with Crippen LogP contribution in [-0.4, -0.2) is 94.4 Å². The second kappa shape index (κ2) is 6.47. The Labute approximate surface area is 162 Å². The van der Waals surface area contributed by atoms with Gasteiger partial charge in [-0.05, 0) is 0 Å². The number of aliphatic hydroxyl groups excluding tert-OH is 4. The molecular formula is C16H19N5O8. The van der Waals surface area contributed by atoms with E-state index in [1.165, 1.54) is 0 Å². The summed E-state index contributed by atoms with van der Waals surface area (Å²) in [5.74, 6) is 1.76. The third-order valence-electron chi connectivity index (χ3n) is 5.38. The normalized spacial score (nSPS) is 39.8. The number of rotatable bonds is 3. The van der Waals surface area contributed by atoms with E-state index in [9.17, 15) is 30.3 Å². The first-order valence-electron chi connectivity index (χ1n) is 8.59. The summed E-state index contributed by atoms with van der Waals surface area (Å²) in [5, 5.41) is 52.1. The Bertz CT molecular complexity index is 1050. The number of hydrogen-bond acceptors (Lipinski definition) is 11. The van der Waals surface area contributed by atoms with Crippen LogP contribution in [0.4, 0.5) is 5.95 Å². The number of aromatic amines is 1. The summed E-state index contributed by atoms with van der Waals surface area (Å²) in [4.78, 5) is 22.4. The minimum atomic E-state index is -2.59. The molecule has 0 radical (unpaired) electrons. The summed E-state index contributed by atoms with van der Waals surface area (Å²) in [5.41, 5.74) is -0.391. The molecule has 0 bridgehead atoms. The highest BCUT2D eigenvalue weighted by molar-refractivity contribution is 5.71. The van der Waals surface area contributed by atoms with Gasteiger partial charge in [-0.25, -0.2) is 4.98 Å². The lowest BCUT2D eigenvalue weighted by Gasteiger charge is -2.43. The van der Waals surface area contributed by atoms with Crippen LogP contribution in [0.3, 0.4) is 0 Å². The Hall–Kier alpha value is -2.57. The number of imidazole rings is 1. The second-order valence-electron chi connectivity index (χ2n) is 6.94. The first-order chi connectivity index (χ1) is 13.7. The Balaban J connectivity index is 2.06. The number of aliphatic hydroxyl groups is 5. The number of ether oxygens (including phenoxy) is 2. The van der Waals surface area contributed by atoms with Crippen molar-refractivity contribution in [1.29, 1.82) is 0 Å². The molecule has 13 nitrogen and oxygen atoms in total. The van der Waals surface area contributed by atoms with Gasteiger partial charge in [-0.15, -0.1) is 6.42 Å². The Kier molecular flexibility index (Phi) is 4.40. The predicted octanol–water partition coefficient (Wildman–Crippen LogP) is -4.41. The van der Waals surface area contributed by atoms with Crippen LogP contribution in [0.1, 0.15) is 0 Å². The van der Waals surface area contributed by atoms with Crippen LogP contribution in [0.25, 0.3) is 11.2 Å². The van der Waals surface area contributed by atoms with Crippen LogP contribution in [0.2, 0.25) is 0 Å². The van der Waals surface area contributed by atoms with Gasteiger partial charge in [0.05, 0.1) is 19.5 Å². The highest BCUT2D eigenvalue weighted by Gasteiger charge is 2.72. The summed E-state index contributed by atoms with van der Waals surface area (Å²) in [6, 6.07) is 0. The van der Waals surface area contributed by atoms with Crippen LogP contribution < -0.4 is 11.3 Å². The van der Waals surface area contributed by atoms with Gasteiger partial charge in [0.25, 0.3) is 5.56 Å². The zero-order chi connectivity index (χ0) is 21.1. The van der Waals surface area contributed by atoms with E-state index in [1.54, 1.807) is 0 Å². The lowest BCUT2D eigenvalue weighted by molar-refractivity contribution is -0.243. The fourth-order valence-electron chi connectivity index (χ4n) is 3.97. The maximum Gasteiger partial charge on any atom is 0.280 e. The highest BCUT2D eigenvalue weighted by atomic mass is 16.6. The van der Waals surface area contributed by atoms with E-state index in [0.717, 1.165) is 10.9 Å². The summed E-state index contributed by atoms with van der Waals surface area (Å²) in [6.45, 7) is -1.08. The summed E-state index contributed by atoms with van der Waals surface area (Å²) in [6.07, 6.45) is -1.16. The van der Waals surface area contributed by atoms with E-state index in [0.29, 0.717) is 0 Å². The van der Waals surface area contributed by atoms with Crippen molar-refractivity contribution in [3.63, 3.8) is 0 Å². The SMILES string of the molecule is C#C[C@@]1(O)[C@H](O)[C@@H](CO)O[C@@]1([C@@H]1OC[C@@H](O)[C@H]1O)n1cnc2c(=O)[nH]c(N)nc21. The smallest absolute Gasteiger partial charge is 0.280 e. The fraction of sp³-hybridized carbons (Fsp3) is 0.562. The molecule has 29 heavy (non-hydrogen) atoms. The number of H-pyrrole nitrogens is 1. The molecule has 2 aromatic rings. The molecule has 0 amide bonds. The number of nitrogen functional groups attached to an aromatic ring is 1. The molecule has 0 saturated carbocycles. The number of anilines is 1. The van der Waals surface area contributed by atoms with Crippen molar-refractivity contribution in [2.24, 2.45) is 0 Å². The van der Waals surface area contributed by atoms with Crippen LogP contribution in [0, 0.1) is 12.3 Å². The van der Waals surface area contributed by atoms with Gasteiger partial charge >= 0.3 is 0 Å². The fourth-order valence-corrected chi connectivity index (χ4v) is 3.97. The van der Waals surface area contributed by atoms with Gasteiger partial charge in [0.2, 0.25) is 17.3 Å². The van der Waals surface area contributed by atoms with E-state index >= 15 is 0 Å². The van der Waals surface area contributed by atoms with Crippen molar-refractivity contribution in [2.75, 3.05) is 18.9 Å². The monoisotopic (exact) mass is 409 g/mol. The lowest BCUT2D eigenvalue weighted by Crippen LogP contribution is -2.65. The predicted molar refractivity (Wildman–Crippen MR) is 94.0 cm³/mol. The molecule has 0 spiro atoms. The summed E-state index contributed by atoms with van der Waals surface area (Å²) < 4.78 is 12.3. The number of nitrogens with two attached hydrogens (primary N) is 1. The Morgan fingerprint density at radius 3 is 2.76 bits per heavy atom. The molecule has 2 saturated heterocycles. The topological polar surface area (TPSA) is 209 Å². The molecule has 0 aliphatic carbocycles. The quantitative estimate of drug-likeness (QED) is 0.241. The molecule has 2 aliphatic rings. The number of hydrogen-bond donors (Lipinski definition) is 7. The standard InChI is InChI=1S/C16H19N5O8/c1-2-15(27)10(25)7(3-22)29-16(15,11-9(24)6(23)4-28-11)21-5-18-8-12(21)19-14(17)20-13(8)26/h1,5-7,9-11,22-25,27H,3-4H2,(H3,17,19,20,26)/t6-,7-,9-,10-,11-,15-,16-/m1/s1. The van der Waals surface area contributed by atoms with Gasteiger partial charge in [-0.2, -0.15) is 4.98 Å². The van der Waals surface area contributed by atoms with E-state index < -0.39 is 54.0 Å². The number of nitrogens with one attached hydrogen (secondary N) is 1. The van der Waals surface area contributed by atoms with Crippen molar-refractivity contribution < 1.29 is 35.0 Å². The summed E-state index contributed by atoms with van der Waals surface area (Å²) in [7, 11) is 0. The van der Waals surface area contributed by atoms with Crippen molar-refractivity contribution in [3.05, 3.63) is 16.7 Å². The van der Waals surface area contributed by atoms with Crippen molar-refractivity contribution in [1.82, 2.24) is 19.5 Å². The van der Waals surface area contributed by atoms with Gasteiger partial charge in [-0.1, -0.05) is 5.92 Å². The molecule has 13 heteroatoms. The molecular weight excluding hydrogens is 390 g/mol. The Morgan fingerprint density at radius 2 is 2.17 bits per heavy atom. The average Bonchev–Trinajstić information content (AvgIpc) is 3.32. The summed E-state index contributed by atoms with van der Waals surface area (Å²) >= 11 is 0. The molecule has 2 aromatic heterocycles. The Morgan fingerprint density at radius 1 is 1.45 bits per heavy atom. The van der Waals surface area contributed by atoms with Crippen LogP contribution in [0.5, 0.6) is 0 Å². The molecule has 156 valence electrons. The van der Waals surface area contributed by atoms with Crippen molar-refractivity contribution in [2.45, 2.75) is 41.8 Å². The van der Waals surface area contributed by atoms with Gasteiger partial charge in [0, 0.05) is 0 Å². The largest absolute Gasteiger partial charge is 0.394 e. The van der Waals surface area contributed by atoms with Crippen LogP contribution in [-0.2, 0) is 15.2 Å². The molecule has 4 heterocycles. The van der Waals surface area contributed by atoms with E-state index in [4.69, 9.17) is 21.6 Å². The van der Waals surface area contributed by atoms with Crippen molar-refractivity contribution >= 4 is 17.1 Å². The second-order valence-corrected chi connectivity index (χ2v) is 6.94. The lowest BCUT2D eigenvalue weighted by atomic mass is 9.81. The number of aromatic nitrogens is 4. The molecule has 8 N–H and O–H groups in total. The van der Waals surface area contributed by atoms with Gasteiger partial charge in [0.1, 0.15) is 30.5 Å². The maximum atomic E-state index is 12.2. The van der Waals surface area contributed by atoms with E-state index in [-0.39, 0.29) is 23.7 Å². The van der Waals surface area contributed by atoms with Gasteiger partial charge < -0.3 is 40.7 Å². The van der Waals surface area contributed by atoms with Crippen LogP contribution in [0.15, 0.2) is 11.1 Å². The first-order valence-corrected chi connectivity index (χ1v) is 8.59. The van der Waals surface area contributed by atoms with E-state index in [1.807, 2.05) is 5.92 Å². The van der Waals surface area contributed by atoms with Gasteiger partial charge in [0.15, 0.2) is 11.2 Å². The van der Waals surface area contributed by atoms with E-state index in [2.05, 4.69) is 15.0 Å². The molecule has 4 rings (SSSR count). The molecule has 0 aromatic carbocycles. The molecule has 0 unspecified atom stereocenters. The van der Waals surface area contributed by atoms with Gasteiger partial charge in [-0.3, -0.25) is 14.3 Å². The third kappa shape index (κ3) is 2.39. The molecule has 7 atom stereocenters. The maximum absolute atomic E-state index is 12.2. The molecule has 2 fully saturated rings. The average molecular weight is 409 g/mol. The van der Waals surface area contributed by atoms with Crippen molar-refractivity contribution in [3.8, 4) is 12.3 Å². The first kappa shape index (κ1) is 19.7. The minimum Gasteiger partial charge on any atom is -0.394 e. The number of fused-ring (bicyclic) bond motifs is 1. The number of nitrogens with zero attached hydrogens (tertiary/aromatic N) is 3. The zero-order valence-electron chi connectivity index (χ0n) is 14.8. The third-order valence-corrected chi connectivity index (χ3v) is 5.38. The number of terminal acetylenes is 1. The zero-order valence-corrected chi connectivity index (χ0v) is 14.8.